The number of amides is 1. The average molecular weight is 423 g/mol. The first-order valence-corrected chi connectivity index (χ1v) is 9.24. The molecule has 0 unspecified atom stereocenters. The molecule has 2 aromatic rings. The number of nitrogens with one attached hydrogen (secondary N) is 2. The number of hydrogen-bond acceptors (Lipinski definition) is 5. The van der Waals surface area contributed by atoms with Gasteiger partial charge in [0.05, 0.1) is 10.5 Å². The molecule has 0 radical (unpaired) electrons. The number of hydrogen-bond donors (Lipinski definition) is 2. The summed E-state index contributed by atoms with van der Waals surface area (Å²) in [6.07, 6.45) is -3.40. The van der Waals surface area contributed by atoms with Gasteiger partial charge in [-0.05, 0) is 36.4 Å². The van der Waals surface area contributed by atoms with E-state index >= 15 is 0 Å². The Labute approximate surface area is 156 Å². The van der Waals surface area contributed by atoms with E-state index in [4.69, 9.17) is 0 Å². The maximum atomic E-state index is 12.8. The molecule has 0 saturated heterocycles. The molecule has 0 aliphatic carbocycles. The highest BCUT2D eigenvalue weighted by Gasteiger charge is 2.34. The minimum Gasteiger partial charge on any atom is -0.368 e. The standard InChI is InChI=1S/C16H14F5N3O3S/c17-15(18)28(26,27)11-5-3-10(4-6-11)14(25)24-9-8-23-13-12(16(19,20)21)2-1-7-22-13/h1-7,15H,8-9H2,(H,22,23)(H,24,25). The molecule has 1 aromatic heterocycles. The van der Waals surface area contributed by atoms with Gasteiger partial charge in [0, 0.05) is 24.8 Å². The molecule has 2 N–H and O–H groups in total. The number of carbonyl (C=O) groups is 1. The Bertz CT molecular complexity index is 931. The van der Waals surface area contributed by atoms with E-state index in [1.165, 1.54) is 6.20 Å². The van der Waals surface area contributed by atoms with Crippen molar-refractivity contribution in [2.45, 2.75) is 16.8 Å². The molecule has 1 heterocycles. The summed E-state index contributed by atoms with van der Waals surface area (Å²) < 4.78 is 86.0. The summed E-state index contributed by atoms with van der Waals surface area (Å²) in [5, 5.41) is 4.86. The minimum atomic E-state index is -4.76. The maximum absolute atomic E-state index is 12.8. The van der Waals surface area contributed by atoms with Crippen molar-refractivity contribution in [1.29, 1.82) is 0 Å². The van der Waals surface area contributed by atoms with Crippen LogP contribution in [0.1, 0.15) is 15.9 Å². The topological polar surface area (TPSA) is 88.2 Å². The van der Waals surface area contributed by atoms with Crippen LogP contribution in [0.2, 0.25) is 0 Å². The van der Waals surface area contributed by atoms with Gasteiger partial charge in [-0.2, -0.15) is 22.0 Å². The highest BCUT2D eigenvalue weighted by atomic mass is 32.2. The van der Waals surface area contributed by atoms with E-state index in [-0.39, 0.29) is 24.5 Å². The van der Waals surface area contributed by atoms with E-state index in [1.54, 1.807) is 0 Å². The van der Waals surface area contributed by atoms with Crippen molar-refractivity contribution in [1.82, 2.24) is 10.3 Å². The lowest BCUT2D eigenvalue weighted by Gasteiger charge is -2.13. The molecule has 0 bridgehead atoms. The zero-order valence-electron chi connectivity index (χ0n) is 14.0. The predicted octanol–water partition coefficient (Wildman–Crippen LogP) is 2.94. The van der Waals surface area contributed by atoms with Crippen molar-refractivity contribution in [2.75, 3.05) is 18.4 Å². The molecule has 152 valence electrons. The van der Waals surface area contributed by atoms with Gasteiger partial charge in [0.25, 0.3) is 5.91 Å². The van der Waals surface area contributed by atoms with Crippen LogP contribution < -0.4 is 10.6 Å². The summed E-state index contributed by atoms with van der Waals surface area (Å²) in [6.45, 7) is -0.131. The van der Waals surface area contributed by atoms with Gasteiger partial charge < -0.3 is 10.6 Å². The van der Waals surface area contributed by atoms with Crippen molar-refractivity contribution in [3.05, 3.63) is 53.7 Å². The van der Waals surface area contributed by atoms with Crippen molar-refractivity contribution < 1.29 is 35.2 Å². The molecule has 1 amide bonds. The molecule has 12 heteroatoms. The lowest BCUT2D eigenvalue weighted by molar-refractivity contribution is -0.137. The summed E-state index contributed by atoms with van der Waals surface area (Å²) in [5.41, 5.74) is -0.945. The van der Waals surface area contributed by atoms with Crippen LogP contribution in [0.5, 0.6) is 0 Å². The number of benzene rings is 1. The summed E-state index contributed by atoms with van der Waals surface area (Å²) in [5.74, 6) is -4.61. The third-order valence-electron chi connectivity index (χ3n) is 3.50. The fourth-order valence-corrected chi connectivity index (χ4v) is 2.85. The molecule has 0 fully saturated rings. The van der Waals surface area contributed by atoms with Crippen LogP contribution in [0.4, 0.5) is 27.8 Å². The van der Waals surface area contributed by atoms with E-state index in [2.05, 4.69) is 15.6 Å². The number of halogens is 5. The normalized spacial score (nSPS) is 12.1. The Kier molecular flexibility index (Phi) is 6.54. The Morgan fingerprint density at radius 3 is 2.29 bits per heavy atom. The van der Waals surface area contributed by atoms with E-state index in [0.717, 1.165) is 36.4 Å². The van der Waals surface area contributed by atoms with Crippen molar-refractivity contribution in [3.63, 3.8) is 0 Å². The van der Waals surface area contributed by atoms with Crippen molar-refractivity contribution >= 4 is 21.6 Å². The molecule has 0 aliphatic heterocycles. The van der Waals surface area contributed by atoms with E-state index in [0.29, 0.717) is 0 Å². The van der Waals surface area contributed by atoms with E-state index in [1.807, 2.05) is 0 Å². The predicted molar refractivity (Wildman–Crippen MR) is 89.7 cm³/mol. The number of aromatic nitrogens is 1. The SMILES string of the molecule is O=C(NCCNc1ncccc1C(F)(F)F)c1ccc(S(=O)(=O)C(F)F)cc1. The van der Waals surface area contributed by atoms with E-state index in [9.17, 15) is 35.2 Å². The molecule has 6 nitrogen and oxygen atoms in total. The number of nitrogens with zero attached hydrogens (tertiary/aromatic N) is 1. The van der Waals surface area contributed by atoms with Crippen LogP contribution in [0.15, 0.2) is 47.5 Å². The second kappa shape index (κ2) is 8.50. The smallest absolute Gasteiger partial charge is 0.368 e. The molecule has 0 spiro atoms. The Morgan fingerprint density at radius 2 is 1.71 bits per heavy atom. The summed E-state index contributed by atoms with van der Waals surface area (Å²) in [6, 6.07) is 5.87. The fourth-order valence-electron chi connectivity index (χ4n) is 2.13. The molecule has 0 saturated carbocycles. The van der Waals surface area contributed by atoms with Gasteiger partial charge in [-0.25, -0.2) is 13.4 Å². The first kappa shape index (κ1) is 21.5. The van der Waals surface area contributed by atoms with Crippen molar-refractivity contribution in [3.8, 4) is 0 Å². The molecular weight excluding hydrogens is 409 g/mol. The second-order valence-corrected chi connectivity index (χ2v) is 7.33. The Balaban J connectivity index is 1.92. The van der Waals surface area contributed by atoms with Crippen molar-refractivity contribution in [2.24, 2.45) is 0 Å². The van der Waals surface area contributed by atoms with Crippen LogP contribution in [0.25, 0.3) is 0 Å². The van der Waals surface area contributed by atoms with Crippen LogP contribution in [0.3, 0.4) is 0 Å². The highest BCUT2D eigenvalue weighted by Crippen LogP contribution is 2.33. The quantitative estimate of drug-likeness (QED) is 0.528. The molecule has 1 aromatic carbocycles. The van der Waals surface area contributed by atoms with Gasteiger partial charge in [-0.3, -0.25) is 4.79 Å². The lowest BCUT2D eigenvalue weighted by Crippen LogP contribution is -2.29. The lowest BCUT2D eigenvalue weighted by atomic mass is 10.2. The van der Waals surface area contributed by atoms with Crippen LogP contribution >= 0.6 is 0 Å². The molecule has 0 aliphatic rings. The largest absolute Gasteiger partial charge is 0.419 e. The molecular formula is C16H14F5N3O3S. The van der Waals surface area contributed by atoms with Gasteiger partial charge in [0.1, 0.15) is 5.82 Å². The monoisotopic (exact) mass is 423 g/mol. The summed E-state index contributed by atoms with van der Waals surface area (Å²) in [4.78, 5) is 14.9. The fraction of sp³-hybridized carbons (Fsp3) is 0.250. The maximum Gasteiger partial charge on any atom is 0.419 e. The Hall–Kier alpha value is -2.76. The first-order valence-electron chi connectivity index (χ1n) is 7.70. The zero-order chi connectivity index (χ0) is 20.9. The first-order chi connectivity index (χ1) is 13.0. The third-order valence-corrected chi connectivity index (χ3v) is 4.89. The summed E-state index contributed by atoms with van der Waals surface area (Å²) in [7, 11) is -4.76. The average Bonchev–Trinajstić information content (AvgIpc) is 2.64. The Morgan fingerprint density at radius 1 is 1.07 bits per heavy atom. The zero-order valence-corrected chi connectivity index (χ0v) is 14.8. The van der Waals surface area contributed by atoms with Gasteiger partial charge in [0.2, 0.25) is 9.84 Å². The van der Waals surface area contributed by atoms with Gasteiger partial charge in [-0.1, -0.05) is 0 Å². The minimum absolute atomic E-state index is 0.00188. The van der Waals surface area contributed by atoms with Crippen LogP contribution in [-0.2, 0) is 16.0 Å². The number of alkyl halides is 5. The third kappa shape index (κ3) is 5.15. The molecule has 2 rings (SSSR count). The number of rotatable bonds is 7. The van der Waals surface area contributed by atoms with Gasteiger partial charge >= 0.3 is 11.9 Å². The van der Waals surface area contributed by atoms with E-state index < -0.39 is 38.1 Å². The van der Waals surface area contributed by atoms with Gasteiger partial charge in [0.15, 0.2) is 0 Å². The molecule has 28 heavy (non-hydrogen) atoms. The highest BCUT2D eigenvalue weighted by molar-refractivity contribution is 7.91. The van der Waals surface area contributed by atoms with Crippen LogP contribution in [0, 0.1) is 0 Å². The summed E-state index contributed by atoms with van der Waals surface area (Å²) >= 11 is 0. The molecule has 0 atom stereocenters. The number of carbonyl (C=O) groups excluding carboxylic acids is 1. The van der Waals surface area contributed by atoms with Crippen LogP contribution in [-0.4, -0.2) is 38.2 Å². The second-order valence-electron chi connectivity index (χ2n) is 5.41. The number of pyridine rings is 1. The number of anilines is 1. The number of sulfone groups is 1. The van der Waals surface area contributed by atoms with Gasteiger partial charge in [-0.15, -0.1) is 0 Å².